The van der Waals surface area contributed by atoms with Gasteiger partial charge in [0.15, 0.2) is 5.82 Å². The summed E-state index contributed by atoms with van der Waals surface area (Å²) < 4.78 is 5.90. The van der Waals surface area contributed by atoms with Crippen molar-refractivity contribution in [3.63, 3.8) is 0 Å². The number of carbonyl (C=O) groups excluding carboxylic acids is 1. The first-order valence-electron chi connectivity index (χ1n) is 4.41. The van der Waals surface area contributed by atoms with Gasteiger partial charge in [-0.3, -0.25) is 5.32 Å². The van der Waals surface area contributed by atoms with Gasteiger partial charge in [-0.15, -0.1) is 11.3 Å². The summed E-state index contributed by atoms with van der Waals surface area (Å²) >= 11 is 4.78. The summed E-state index contributed by atoms with van der Waals surface area (Å²) in [6.45, 7) is 7.31. The Bertz CT molecular complexity index is 371. The van der Waals surface area contributed by atoms with E-state index in [4.69, 9.17) is 4.74 Å². The summed E-state index contributed by atoms with van der Waals surface area (Å²) in [7, 11) is 0. The van der Waals surface area contributed by atoms with Crippen LogP contribution in [0.2, 0.25) is 0 Å². The van der Waals surface area contributed by atoms with Crippen molar-refractivity contribution in [1.82, 2.24) is 4.98 Å². The molecule has 1 heterocycles. The number of amides is 1. The van der Waals surface area contributed by atoms with Crippen LogP contribution in [0.4, 0.5) is 10.6 Å². The number of aryl methyl sites for hydroxylation is 1. The van der Waals surface area contributed by atoms with Crippen LogP contribution in [0, 0.1) is 6.92 Å². The van der Waals surface area contributed by atoms with Gasteiger partial charge in [-0.1, -0.05) is 0 Å². The van der Waals surface area contributed by atoms with Gasteiger partial charge in [0.2, 0.25) is 0 Å². The number of nitrogens with zero attached hydrogens (tertiary/aromatic N) is 1. The van der Waals surface area contributed by atoms with Gasteiger partial charge in [0, 0.05) is 0 Å². The minimum absolute atomic E-state index is 0.492. The molecule has 0 aromatic carbocycles. The van der Waals surface area contributed by atoms with Crippen molar-refractivity contribution in [2.75, 3.05) is 5.32 Å². The maximum Gasteiger partial charge on any atom is 0.413 e. The molecule has 15 heavy (non-hydrogen) atoms. The van der Waals surface area contributed by atoms with Gasteiger partial charge in [-0.05, 0) is 43.6 Å². The van der Waals surface area contributed by atoms with Gasteiger partial charge in [-0.2, -0.15) is 0 Å². The Balaban J connectivity index is 2.63. The van der Waals surface area contributed by atoms with E-state index in [-0.39, 0.29) is 0 Å². The Hall–Kier alpha value is -0.620. The van der Waals surface area contributed by atoms with Crippen LogP contribution in [0.1, 0.15) is 25.8 Å². The molecular formula is C9H13BrN2O2S. The standard InChI is InChI=1S/C9H13BrN2O2S/c1-5-11-7(6(10)15-5)12-8(13)14-9(2,3)4/h1-4H3,(H,12,13). The molecule has 1 N–H and O–H groups in total. The molecule has 84 valence electrons. The molecule has 0 aliphatic carbocycles. The minimum atomic E-state index is -0.498. The highest BCUT2D eigenvalue weighted by Gasteiger charge is 2.18. The van der Waals surface area contributed by atoms with Gasteiger partial charge in [0.05, 0.1) is 5.01 Å². The van der Waals surface area contributed by atoms with E-state index in [0.29, 0.717) is 5.82 Å². The number of hydrogen-bond donors (Lipinski definition) is 1. The predicted molar refractivity (Wildman–Crippen MR) is 64.4 cm³/mol. The summed E-state index contributed by atoms with van der Waals surface area (Å²) in [6.07, 6.45) is -0.492. The topological polar surface area (TPSA) is 51.2 Å². The number of ether oxygens (including phenoxy) is 1. The Labute approximate surface area is 101 Å². The van der Waals surface area contributed by atoms with Gasteiger partial charge >= 0.3 is 6.09 Å². The quantitative estimate of drug-likeness (QED) is 0.861. The maximum absolute atomic E-state index is 11.4. The summed E-state index contributed by atoms with van der Waals surface area (Å²) in [5, 5.41) is 3.46. The number of carbonyl (C=O) groups is 1. The summed E-state index contributed by atoms with van der Waals surface area (Å²) in [6, 6.07) is 0. The molecule has 1 aromatic rings. The first-order valence-corrected chi connectivity index (χ1v) is 6.02. The van der Waals surface area contributed by atoms with Crippen molar-refractivity contribution in [2.45, 2.75) is 33.3 Å². The second-order valence-electron chi connectivity index (χ2n) is 3.98. The second kappa shape index (κ2) is 4.49. The molecule has 0 fully saturated rings. The van der Waals surface area contributed by atoms with Crippen molar-refractivity contribution in [2.24, 2.45) is 0 Å². The van der Waals surface area contributed by atoms with Crippen molar-refractivity contribution < 1.29 is 9.53 Å². The largest absolute Gasteiger partial charge is 0.444 e. The number of nitrogens with one attached hydrogen (secondary N) is 1. The highest BCUT2D eigenvalue weighted by Crippen LogP contribution is 2.28. The Morgan fingerprint density at radius 3 is 2.53 bits per heavy atom. The fraction of sp³-hybridized carbons (Fsp3) is 0.556. The zero-order valence-electron chi connectivity index (χ0n) is 9.05. The third kappa shape index (κ3) is 4.17. The molecule has 0 saturated heterocycles. The Morgan fingerprint density at radius 2 is 2.13 bits per heavy atom. The number of thiazole rings is 1. The predicted octanol–water partition coefficient (Wildman–Crippen LogP) is 3.56. The maximum atomic E-state index is 11.4. The number of hydrogen-bond acceptors (Lipinski definition) is 4. The van der Waals surface area contributed by atoms with Crippen molar-refractivity contribution in [3.05, 3.63) is 8.79 Å². The van der Waals surface area contributed by atoms with Crippen molar-refractivity contribution in [3.8, 4) is 0 Å². The normalized spacial score (nSPS) is 11.3. The Kier molecular flexibility index (Phi) is 3.72. The van der Waals surface area contributed by atoms with E-state index in [1.807, 2.05) is 27.7 Å². The third-order valence-electron chi connectivity index (χ3n) is 1.31. The second-order valence-corrected chi connectivity index (χ2v) is 6.50. The molecule has 0 aliphatic heterocycles. The van der Waals surface area contributed by atoms with Crippen LogP contribution < -0.4 is 5.32 Å². The SMILES string of the molecule is Cc1nc(NC(=O)OC(C)(C)C)c(Br)s1. The minimum Gasteiger partial charge on any atom is -0.444 e. The van der Waals surface area contributed by atoms with E-state index in [0.717, 1.165) is 8.79 Å². The number of rotatable bonds is 1. The van der Waals surface area contributed by atoms with E-state index in [2.05, 4.69) is 26.2 Å². The molecule has 0 radical (unpaired) electrons. The van der Waals surface area contributed by atoms with Crippen LogP contribution >= 0.6 is 27.3 Å². The molecule has 0 atom stereocenters. The van der Waals surface area contributed by atoms with Crippen molar-refractivity contribution in [1.29, 1.82) is 0 Å². The molecule has 0 bridgehead atoms. The van der Waals surface area contributed by atoms with Crippen LogP contribution in [0.5, 0.6) is 0 Å². The van der Waals surface area contributed by atoms with Gasteiger partial charge in [-0.25, -0.2) is 9.78 Å². The lowest BCUT2D eigenvalue weighted by atomic mass is 10.2. The first kappa shape index (κ1) is 12.4. The molecule has 0 saturated carbocycles. The average Bonchev–Trinajstić information content (AvgIpc) is 2.25. The van der Waals surface area contributed by atoms with Crippen LogP contribution in [-0.2, 0) is 4.74 Å². The smallest absolute Gasteiger partial charge is 0.413 e. The highest BCUT2D eigenvalue weighted by molar-refractivity contribution is 9.11. The zero-order valence-corrected chi connectivity index (χ0v) is 11.5. The molecule has 0 unspecified atom stereocenters. The lowest BCUT2D eigenvalue weighted by Gasteiger charge is -2.19. The monoisotopic (exact) mass is 292 g/mol. The summed E-state index contributed by atoms with van der Waals surface area (Å²) in [5.74, 6) is 0.506. The summed E-state index contributed by atoms with van der Waals surface area (Å²) in [5.41, 5.74) is -0.498. The lowest BCUT2D eigenvalue weighted by molar-refractivity contribution is 0.0635. The van der Waals surface area contributed by atoms with E-state index >= 15 is 0 Å². The van der Waals surface area contributed by atoms with Crippen LogP contribution in [0.15, 0.2) is 3.79 Å². The first-order chi connectivity index (χ1) is 6.78. The number of halogens is 1. The fourth-order valence-corrected chi connectivity index (χ4v) is 2.36. The lowest BCUT2D eigenvalue weighted by Crippen LogP contribution is -2.27. The van der Waals surface area contributed by atoms with Gasteiger partial charge in [0.1, 0.15) is 9.39 Å². The molecule has 1 amide bonds. The molecular weight excluding hydrogens is 280 g/mol. The number of anilines is 1. The molecule has 4 nitrogen and oxygen atoms in total. The third-order valence-corrected chi connectivity index (χ3v) is 2.93. The Morgan fingerprint density at radius 1 is 1.53 bits per heavy atom. The highest BCUT2D eigenvalue weighted by atomic mass is 79.9. The molecule has 0 spiro atoms. The molecule has 1 rings (SSSR count). The van der Waals surface area contributed by atoms with Crippen LogP contribution in [0.3, 0.4) is 0 Å². The van der Waals surface area contributed by atoms with Crippen molar-refractivity contribution >= 4 is 39.2 Å². The van der Waals surface area contributed by atoms with Crippen LogP contribution in [-0.4, -0.2) is 16.7 Å². The molecule has 6 heteroatoms. The molecule has 1 aromatic heterocycles. The average molecular weight is 293 g/mol. The fourth-order valence-electron chi connectivity index (χ4n) is 0.880. The van der Waals surface area contributed by atoms with Gasteiger partial charge < -0.3 is 4.74 Å². The van der Waals surface area contributed by atoms with E-state index in [9.17, 15) is 4.79 Å². The zero-order chi connectivity index (χ0) is 11.6. The summed E-state index contributed by atoms with van der Waals surface area (Å²) in [4.78, 5) is 15.5. The van der Waals surface area contributed by atoms with E-state index in [1.54, 1.807) is 0 Å². The van der Waals surface area contributed by atoms with Crippen LogP contribution in [0.25, 0.3) is 0 Å². The van der Waals surface area contributed by atoms with Gasteiger partial charge in [0.25, 0.3) is 0 Å². The molecule has 0 aliphatic rings. The van der Waals surface area contributed by atoms with E-state index in [1.165, 1.54) is 11.3 Å². The number of aromatic nitrogens is 1. The van der Waals surface area contributed by atoms with E-state index < -0.39 is 11.7 Å².